The highest BCUT2D eigenvalue weighted by atomic mass is 19.1. The zero-order valence-electron chi connectivity index (χ0n) is 23.2. The SMILES string of the molecule is CN(C)CCN(C)C(=O)NC1CCC(Nc2cc(NC3CC3)c3ncc(C(=O)Nc4ccncc4F)n3n2)CC1. The molecule has 0 bridgehead atoms. The second kappa shape index (κ2) is 12.0. The van der Waals surface area contributed by atoms with Crippen LogP contribution in [-0.2, 0) is 0 Å². The molecule has 0 aliphatic heterocycles. The molecule has 3 aromatic heterocycles. The summed E-state index contributed by atoms with van der Waals surface area (Å²) in [7, 11) is 5.80. The van der Waals surface area contributed by atoms with Crippen molar-refractivity contribution in [1.82, 2.24) is 34.7 Å². The van der Waals surface area contributed by atoms with E-state index in [0.717, 1.165) is 57.0 Å². The molecule has 0 radical (unpaired) electrons. The molecule has 0 saturated heterocycles. The van der Waals surface area contributed by atoms with Gasteiger partial charge in [-0.05, 0) is 58.7 Å². The van der Waals surface area contributed by atoms with Crippen LogP contribution < -0.4 is 21.3 Å². The molecule has 2 aliphatic rings. The predicted octanol–water partition coefficient (Wildman–Crippen LogP) is 3.02. The van der Waals surface area contributed by atoms with Crippen molar-refractivity contribution in [3.05, 3.63) is 42.2 Å². The van der Waals surface area contributed by atoms with Crippen molar-refractivity contribution in [2.75, 3.05) is 50.2 Å². The third-order valence-corrected chi connectivity index (χ3v) is 7.29. The maximum atomic E-state index is 14.1. The molecule has 3 heterocycles. The number of nitrogens with zero attached hydrogens (tertiary/aromatic N) is 6. The topological polar surface area (TPSA) is 132 Å². The zero-order chi connectivity index (χ0) is 28.2. The fourth-order valence-corrected chi connectivity index (χ4v) is 4.74. The summed E-state index contributed by atoms with van der Waals surface area (Å²) in [5, 5.41) is 17.4. The molecule has 12 nitrogen and oxygen atoms in total. The van der Waals surface area contributed by atoms with E-state index in [9.17, 15) is 14.0 Å². The summed E-state index contributed by atoms with van der Waals surface area (Å²) < 4.78 is 15.6. The third kappa shape index (κ3) is 6.76. The average molecular weight is 553 g/mol. The van der Waals surface area contributed by atoms with Crippen molar-refractivity contribution in [1.29, 1.82) is 0 Å². The summed E-state index contributed by atoms with van der Waals surface area (Å²) in [6.45, 7) is 1.49. The molecule has 2 aliphatic carbocycles. The lowest BCUT2D eigenvalue weighted by Gasteiger charge is -2.31. The van der Waals surface area contributed by atoms with Crippen LogP contribution in [0.2, 0.25) is 0 Å². The minimum atomic E-state index is -0.622. The van der Waals surface area contributed by atoms with E-state index in [1.54, 1.807) is 4.90 Å². The van der Waals surface area contributed by atoms with Crippen LogP contribution in [0.25, 0.3) is 5.65 Å². The van der Waals surface area contributed by atoms with Crippen molar-refractivity contribution in [2.24, 2.45) is 0 Å². The number of aromatic nitrogens is 4. The molecule has 2 fully saturated rings. The molecule has 13 heteroatoms. The smallest absolute Gasteiger partial charge is 0.317 e. The number of nitrogens with one attached hydrogen (secondary N) is 4. The van der Waals surface area contributed by atoms with E-state index in [0.29, 0.717) is 24.1 Å². The van der Waals surface area contributed by atoms with Crippen molar-refractivity contribution in [2.45, 2.75) is 56.7 Å². The molecule has 5 rings (SSSR count). The number of anilines is 3. The third-order valence-electron chi connectivity index (χ3n) is 7.29. The van der Waals surface area contributed by atoms with Gasteiger partial charge in [0.15, 0.2) is 17.2 Å². The Morgan fingerprint density at radius 3 is 2.38 bits per heavy atom. The van der Waals surface area contributed by atoms with Gasteiger partial charge in [0.2, 0.25) is 0 Å². The molecule has 0 aromatic carbocycles. The molecule has 0 unspecified atom stereocenters. The Morgan fingerprint density at radius 2 is 1.68 bits per heavy atom. The number of carbonyl (C=O) groups excluding carboxylic acids is 2. The Hall–Kier alpha value is -4.00. The summed E-state index contributed by atoms with van der Waals surface area (Å²) in [5.41, 5.74) is 1.55. The predicted molar refractivity (Wildman–Crippen MR) is 151 cm³/mol. The van der Waals surface area contributed by atoms with Crippen molar-refractivity contribution in [3.63, 3.8) is 0 Å². The standard InChI is InChI=1S/C27H37FN10O2/c1-36(2)12-13-37(3)27(40)33-19-8-6-18(7-9-19)32-24-14-22(31-17-4-5-17)25-30-16-23(38(25)35-24)26(39)34-21-10-11-29-15-20(21)28/h10-11,14-19,31H,4-9,12-13H2,1-3H3,(H,32,35)(H,33,40)(H,29,34,39). The Bertz CT molecular complexity index is 1350. The van der Waals surface area contributed by atoms with Gasteiger partial charge in [0.25, 0.3) is 5.91 Å². The lowest BCUT2D eigenvalue weighted by atomic mass is 9.91. The van der Waals surface area contributed by atoms with Crippen molar-refractivity contribution < 1.29 is 14.0 Å². The van der Waals surface area contributed by atoms with Gasteiger partial charge in [0.1, 0.15) is 5.82 Å². The van der Waals surface area contributed by atoms with Gasteiger partial charge in [-0.25, -0.2) is 18.7 Å². The average Bonchev–Trinajstić information content (AvgIpc) is 3.64. The minimum Gasteiger partial charge on any atom is -0.379 e. The van der Waals surface area contributed by atoms with Gasteiger partial charge in [-0.2, -0.15) is 0 Å². The summed E-state index contributed by atoms with van der Waals surface area (Å²) in [6, 6.07) is 3.96. The van der Waals surface area contributed by atoms with E-state index in [1.807, 2.05) is 27.2 Å². The van der Waals surface area contributed by atoms with Crippen LogP contribution in [-0.4, -0.2) is 93.7 Å². The quantitative estimate of drug-likeness (QED) is 0.302. The van der Waals surface area contributed by atoms with Gasteiger partial charge in [-0.1, -0.05) is 0 Å². The normalized spacial score (nSPS) is 18.9. The van der Waals surface area contributed by atoms with Gasteiger partial charge >= 0.3 is 6.03 Å². The Labute approximate surface area is 232 Å². The molecule has 0 spiro atoms. The lowest BCUT2D eigenvalue weighted by molar-refractivity contribution is 0.102. The maximum absolute atomic E-state index is 14.1. The van der Waals surface area contributed by atoms with E-state index < -0.39 is 11.7 Å². The molecule has 214 valence electrons. The van der Waals surface area contributed by atoms with E-state index in [1.165, 1.54) is 23.0 Å². The number of fused-ring (bicyclic) bond motifs is 1. The van der Waals surface area contributed by atoms with Gasteiger partial charge in [-0.3, -0.25) is 9.78 Å². The van der Waals surface area contributed by atoms with Gasteiger partial charge < -0.3 is 31.1 Å². The summed E-state index contributed by atoms with van der Waals surface area (Å²) in [6.07, 6.45) is 9.51. The van der Waals surface area contributed by atoms with Crippen LogP contribution in [0.3, 0.4) is 0 Å². The minimum absolute atomic E-state index is 0.0355. The Balaban J connectivity index is 1.25. The van der Waals surface area contributed by atoms with Crippen LogP contribution in [0, 0.1) is 5.82 Å². The number of urea groups is 1. The molecule has 0 atom stereocenters. The molecule has 40 heavy (non-hydrogen) atoms. The highest BCUT2D eigenvalue weighted by molar-refractivity contribution is 6.03. The maximum Gasteiger partial charge on any atom is 0.317 e. The van der Waals surface area contributed by atoms with Gasteiger partial charge in [0, 0.05) is 50.5 Å². The molecular formula is C27H37FN10O2. The first kappa shape index (κ1) is 27.6. The molecule has 4 N–H and O–H groups in total. The number of halogens is 1. The fourth-order valence-electron chi connectivity index (χ4n) is 4.74. The van der Waals surface area contributed by atoms with E-state index in [-0.39, 0.29) is 29.5 Å². The van der Waals surface area contributed by atoms with E-state index in [2.05, 4.69) is 41.2 Å². The van der Waals surface area contributed by atoms with Crippen molar-refractivity contribution in [3.8, 4) is 0 Å². The zero-order valence-corrected chi connectivity index (χ0v) is 23.2. The second-order valence-electron chi connectivity index (χ2n) is 10.9. The van der Waals surface area contributed by atoms with Crippen molar-refractivity contribution >= 4 is 34.8 Å². The molecule has 3 amide bonds. The highest BCUT2D eigenvalue weighted by Gasteiger charge is 2.27. The van der Waals surface area contributed by atoms with Crippen LogP contribution in [0.4, 0.5) is 26.4 Å². The molecular weight excluding hydrogens is 515 g/mol. The molecule has 3 aromatic rings. The second-order valence-corrected chi connectivity index (χ2v) is 10.9. The number of rotatable bonds is 10. The van der Waals surface area contributed by atoms with Gasteiger partial charge in [-0.15, -0.1) is 5.10 Å². The number of hydrogen-bond acceptors (Lipinski definition) is 8. The number of likely N-dealkylation sites (N-methyl/N-ethyl adjacent to an activating group) is 2. The monoisotopic (exact) mass is 552 g/mol. The first-order valence-corrected chi connectivity index (χ1v) is 13.8. The van der Waals surface area contributed by atoms with Crippen LogP contribution in [0.1, 0.15) is 49.0 Å². The summed E-state index contributed by atoms with van der Waals surface area (Å²) >= 11 is 0. The Morgan fingerprint density at radius 1 is 0.975 bits per heavy atom. The first-order chi connectivity index (χ1) is 19.3. The number of carbonyl (C=O) groups is 2. The molecule has 2 saturated carbocycles. The van der Waals surface area contributed by atoms with Crippen LogP contribution in [0.5, 0.6) is 0 Å². The largest absolute Gasteiger partial charge is 0.379 e. The van der Waals surface area contributed by atoms with E-state index >= 15 is 0 Å². The first-order valence-electron chi connectivity index (χ1n) is 13.8. The number of hydrogen-bond donors (Lipinski definition) is 4. The van der Waals surface area contributed by atoms with Crippen LogP contribution >= 0.6 is 0 Å². The van der Waals surface area contributed by atoms with E-state index in [4.69, 9.17) is 0 Å². The Kier molecular flexibility index (Phi) is 8.29. The van der Waals surface area contributed by atoms with Gasteiger partial charge in [0.05, 0.1) is 23.8 Å². The summed E-state index contributed by atoms with van der Waals surface area (Å²) in [5.74, 6) is -0.525. The van der Waals surface area contributed by atoms with Crippen LogP contribution in [0.15, 0.2) is 30.7 Å². The lowest BCUT2D eigenvalue weighted by Crippen LogP contribution is -2.47. The highest BCUT2D eigenvalue weighted by Crippen LogP contribution is 2.30. The summed E-state index contributed by atoms with van der Waals surface area (Å²) in [4.78, 5) is 37.5. The fraction of sp³-hybridized carbons (Fsp3) is 0.519. The number of imidazole rings is 1. The number of pyridine rings is 1. The number of amides is 3.